The average Bonchev–Trinajstić information content (AvgIpc) is 2.95. The molecule has 1 aromatic carbocycles. The van der Waals surface area contributed by atoms with Gasteiger partial charge in [-0.15, -0.1) is 0 Å². The van der Waals surface area contributed by atoms with Gasteiger partial charge < -0.3 is 39.4 Å². The molecule has 0 amide bonds. The number of rotatable bonds is 11. The fourth-order valence-electron chi connectivity index (χ4n) is 5.26. The SMILES string of the molecule is COc1ccc(COC(=O)\C=C(C)/C=C/C=C(C)/C=C/C2=C(C)CCCC2(C)C)cc1O[C@@H]1O[C@H](CO)[C@@H](O)[C@H](O)[C@H]1O. The van der Waals surface area contributed by atoms with E-state index in [-0.39, 0.29) is 17.8 Å². The van der Waals surface area contributed by atoms with Gasteiger partial charge in [0, 0.05) is 6.08 Å². The van der Waals surface area contributed by atoms with Crippen molar-refractivity contribution in [3.8, 4) is 11.5 Å². The predicted octanol–water partition coefficient (Wildman–Crippen LogP) is 4.45. The Morgan fingerprint density at radius 2 is 1.81 bits per heavy atom. The zero-order chi connectivity index (χ0) is 31.7. The van der Waals surface area contributed by atoms with E-state index >= 15 is 0 Å². The highest BCUT2D eigenvalue weighted by atomic mass is 16.7. The summed E-state index contributed by atoms with van der Waals surface area (Å²) in [6, 6.07) is 4.84. The smallest absolute Gasteiger partial charge is 0.331 e. The van der Waals surface area contributed by atoms with Crippen molar-refractivity contribution < 1.29 is 44.2 Å². The number of aliphatic hydroxyl groups excluding tert-OH is 4. The van der Waals surface area contributed by atoms with E-state index in [0.29, 0.717) is 11.3 Å². The summed E-state index contributed by atoms with van der Waals surface area (Å²) in [4.78, 5) is 12.4. The van der Waals surface area contributed by atoms with Crippen LogP contribution in [0, 0.1) is 5.41 Å². The van der Waals surface area contributed by atoms with Gasteiger partial charge in [0.15, 0.2) is 11.5 Å². The van der Waals surface area contributed by atoms with Gasteiger partial charge in [-0.1, -0.05) is 61.4 Å². The molecule has 0 unspecified atom stereocenters. The van der Waals surface area contributed by atoms with Crippen molar-refractivity contribution in [2.75, 3.05) is 13.7 Å². The standard InChI is InChI=1S/C34H46O9/c1-21(12-14-25-23(3)11-8-16-34(25,4)5)9-7-10-22(2)17-29(36)41-20-24-13-15-26(40-6)27(18-24)42-33-32(39)31(38)30(37)28(19-35)43-33/h7,9-10,12-15,17-18,28,30-33,35,37-39H,8,11,16,19-20H2,1-6H3/b10-7+,14-12+,21-9+,22-17-/t28-,30-,31+,32-,33-/m1/s1. The Labute approximate surface area is 254 Å². The third-order valence-electron chi connectivity index (χ3n) is 7.82. The second-order valence-corrected chi connectivity index (χ2v) is 11.8. The molecule has 4 N–H and O–H groups in total. The molecule has 0 spiro atoms. The minimum atomic E-state index is -1.58. The van der Waals surface area contributed by atoms with E-state index in [9.17, 15) is 25.2 Å². The van der Waals surface area contributed by atoms with Crippen LogP contribution in [0.1, 0.15) is 59.4 Å². The Bertz CT molecular complexity index is 1270. The van der Waals surface area contributed by atoms with E-state index < -0.39 is 43.3 Å². The molecule has 0 saturated carbocycles. The lowest BCUT2D eigenvalue weighted by Gasteiger charge is -2.39. The number of hydrogen-bond donors (Lipinski definition) is 4. The van der Waals surface area contributed by atoms with E-state index in [0.717, 1.165) is 17.6 Å². The molecular weight excluding hydrogens is 552 g/mol. The molecular formula is C34H46O9. The Morgan fingerprint density at radius 1 is 1.07 bits per heavy atom. The van der Waals surface area contributed by atoms with Gasteiger partial charge in [-0.3, -0.25) is 0 Å². The molecule has 1 aromatic rings. The number of ether oxygens (including phenoxy) is 4. The normalized spacial score (nSPS) is 26.7. The van der Waals surface area contributed by atoms with Crippen molar-refractivity contribution in [1.29, 1.82) is 0 Å². The van der Waals surface area contributed by atoms with Gasteiger partial charge >= 0.3 is 5.97 Å². The quantitative estimate of drug-likeness (QED) is 0.166. The Hall–Kier alpha value is -3.21. The highest BCUT2D eigenvalue weighted by Gasteiger charge is 2.45. The number of esters is 1. The van der Waals surface area contributed by atoms with Crippen LogP contribution < -0.4 is 9.47 Å². The third-order valence-corrected chi connectivity index (χ3v) is 7.82. The molecule has 9 nitrogen and oxygen atoms in total. The van der Waals surface area contributed by atoms with Gasteiger partial charge in [0.25, 0.3) is 0 Å². The van der Waals surface area contributed by atoms with Crippen molar-refractivity contribution in [2.24, 2.45) is 5.41 Å². The molecule has 5 atom stereocenters. The summed E-state index contributed by atoms with van der Waals surface area (Å²) < 4.78 is 21.9. The summed E-state index contributed by atoms with van der Waals surface area (Å²) in [6.45, 7) is 10.0. The van der Waals surface area contributed by atoms with Crippen LogP contribution in [0.3, 0.4) is 0 Å². The molecule has 1 aliphatic heterocycles. The molecule has 0 radical (unpaired) electrons. The maximum Gasteiger partial charge on any atom is 0.331 e. The summed E-state index contributed by atoms with van der Waals surface area (Å²) >= 11 is 0. The molecule has 0 bridgehead atoms. The van der Waals surface area contributed by atoms with Crippen LogP contribution in [0.25, 0.3) is 0 Å². The minimum absolute atomic E-state index is 0.0587. The highest BCUT2D eigenvalue weighted by Crippen LogP contribution is 2.40. The molecule has 1 fully saturated rings. The zero-order valence-corrected chi connectivity index (χ0v) is 25.9. The summed E-state index contributed by atoms with van der Waals surface area (Å²) in [5, 5.41) is 39.8. The first-order chi connectivity index (χ1) is 20.4. The minimum Gasteiger partial charge on any atom is -0.493 e. The summed E-state index contributed by atoms with van der Waals surface area (Å²) in [7, 11) is 1.43. The fraction of sp³-hybridized carbons (Fsp3) is 0.500. The molecule has 43 heavy (non-hydrogen) atoms. The molecule has 236 valence electrons. The van der Waals surface area contributed by atoms with E-state index in [1.807, 2.05) is 32.1 Å². The first-order valence-electron chi connectivity index (χ1n) is 14.6. The fourth-order valence-corrected chi connectivity index (χ4v) is 5.26. The van der Waals surface area contributed by atoms with Crippen molar-refractivity contribution in [2.45, 2.75) is 91.2 Å². The van der Waals surface area contributed by atoms with E-state index in [4.69, 9.17) is 18.9 Å². The van der Waals surface area contributed by atoms with Crippen molar-refractivity contribution >= 4 is 5.97 Å². The number of hydrogen-bond acceptors (Lipinski definition) is 9. The number of carbonyl (C=O) groups excluding carboxylic acids is 1. The molecule has 9 heteroatoms. The maximum atomic E-state index is 12.4. The van der Waals surface area contributed by atoms with Gasteiger partial charge in [0.05, 0.1) is 13.7 Å². The Balaban J connectivity index is 1.58. The lowest BCUT2D eigenvalue weighted by Crippen LogP contribution is -2.60. The first-order valence-corrected chi connectivity index (χ1v) is 14.6. The summed E-state index contributed by atoms with van der Waals surface area (Å²) in [6.07, 6.45) is 7.94. The number of allylic oxidation sites excluding steroid dienone is 9. The van der Waals surface area contributed by atoms with Crippen molar-refractivity contribution in [1.82, 2.24) is 0 Å². The molecule has 0 aromatic heterocycles. The third kappa shape index (κ3) is 9.39. The summed E-state index contributed by atoms with van der Waals surface area (Å²) in [5.74, 6) is -0.0536. The number of carbonyl (C=O) groups is 1. The van der Waals surface area contributed by atoms with E-state index in [1.165, 1.54) is 37.2 Å². The predicted molar refractivity (Wildman–Crippen MR) is 163 cm³/mol. The lowest BCUT2D eigenvalue weighted by atomic mass is 9.72. The molecule has 3 rings (SSSR count). The van der Waals surface area contributed by atoms with Crippen LogP contribution in [-0.4, -0.2) is 70.8 Å². The van der Waals surface area contributed by atoms with Crippen molar-refractivity contribution in [3.63, 3.8) is 0 Å². The van der Waals surface area contributed by atoms with Crippen LogP contribution >= 0.6 is 0 Å². The lowest BCUT2D eigenvalue weighted by molar-refractivity contribution is -0.277. The first kappa shape index (κ1) is 34.3. The molecule has 2 aliphatic rings. The molecule has 1 aliphatic carbocycles. The monoisotopic (exact) mass is 598 g/mol. The maximum absolute atomic E-state index is 12.4. The summed E-state index contributed by atoms with van der Waals surface area (Å²) in [5.41, 5.74) is 5.48. The number of benzene rings is 1. The van der Waals surface area contributed by atoms with Gasteiger partial charge in [0.2, 0.25) is 6.29 Å². The van der Waals surface area contributed by atoms with Gasteiger partial charge in [0.1, 0.15) is 31.0 Å². The van der Waals surface area contributed by atoms with Gasteiger partial charge in [-0.05, 0) is 74.3 Å². The average molecular weight is 599 g/mol. The number of methoxy groups -OCH3 is 1. The Kier molecular flexibility index (Phi) is 12.4. The van der Waals surface area contributed by atoms with Crippen LogP contribution in [-0.2, 0) is 20.9 Å². The van der Waals surface area contributed by atoms with Crippen LogP contribution in [0.15, 0.2) is 76.9 Å². The van der Waals surface area contributed by atoms with Crippen LogP contribution in [0.2, 0.25) is 0 Å². The Morgan fingerprint density at radius 3 is 2.49 bits per heavy atom. The van der Waals surface area contributed by atoms with E-state index in [2.05, 4.69) is 32.9 Å². The zero-order valence-electron chi connectivity index (χ0n) is 25.9. The highest BCUT2D eigenvalue weighted by molar-refractivity contribution is 5.83. The van der Waals surface area contributed by atoms with Crippen LogP contribution in [0.5, 0.6) is 11.5 Å². The van der Waals surface area contributed by atoms with Crippen molar-refractivity contribution in [3.05, 3.63) is 82.5 Å². The van der Waals surface area contributed by atoms with Crippen LogP contribution in [0.4, 0.5) is 0 Å². The molecule has 1 saturated heterocycles. The second-order valence-electron chi connectivity index (χ2n) is 11.8. The topological polar surface area (TPSA) is 135 Å². The van der Waals surface area contributed by atoms with E-state index in [1.54, 1.807) is 18.2 Å². The second kappa shape index (κ2) is 15.5. The number of aliphatic hydroxyl groups is 4. The molecule has 1 heterocycles. The van der Waals surface area contributed by atoms with Gasteiger partial charge in [-0.25, -0.2) is 4.79 Å². The largest absolute Gasteiger partial charge is 0.493 e. The van der Waals surface area contributed by atoms with Gasteiger partial charge in [-0.2, -0.15) is 0 Å².